The van der Waals surface area contributed by atoms with Gasteiger partial charge in [0.15, 0.2) is 5.69 Å². The van der Waals surface area contributed by atoms with Crippen molar-refractivity contribution in [3.63, 3.8) is 0 Å². The highest BCUT2D eigenvalue weighted by Crippen LogP contribution is 2.28. The van der Waals surface area contributed by atoms with Crippen molar-refractivity contribution in [2.45, 2.75) is 39.0 Å². The van der Waals surface area contributed by atoms with E-state index in [4.69, 9.17) is 5.10 Å². The Balaban J connectivity index is 1.40. The molecule has 1 fully saturated rings. The Morgan fingerprint density at radius 3 is 2.71 bits per heavy atom. The monoisotopic (exact) mass is 381 g/mol. The largest absolute Gasteiger partial charge is 0.351 e. The Morgan fingerprint density at radius 2 is 1.96 bits per heavy atom. The van der Waals surface area contributed by atoms with Gasteiger partial charge in [-0.05, 0) is 56.3 Å². The van der Waals surface area contributed by atoms with Crippen molar-refractivity contribution < 1.29 is 4.79 Å². The number of hydrogen-bond acceptors (Lipinski definition) is 4. The highest BCUT2D eigenvalue weighted by Gasteiger charge is 2.26. The van der Waals surface area contributed by atoms with Gasteiger partial charge in [-0.2, -0.15) is 5.10 Å². The van der Waals surface area contributed by atoms with Crippen molar-refractivity contribution in [2.75, 3.05) is 39.3 Å². The van der Waals surface area contributed by atoms with Crippen molar-refractivity contribution >= 4 is 5.91 Å². The molecule has 6 nitrogen and oxygen atoms in total. The van der Waals surface area contributed by atoms with Crippen LogP contribution in [0.2, 0.25) is 0 Å². The Kier molecular flexibility index (Phi) is 6.07. The van der Waals surface area contributed by atoms with Crippen LogP contribution >= 0.6 is 0 Å². The fraction of sp³-hybridized carbons (Fsp3) is 0.545. The lowest BCUT2D eigenvalue weighted by atomic mass is 10.1. The van der Waals surface area contributed by atoms with Crippen molar-refractivity contribution in [2.24, 2.45) is 0 Å². The van der Waals surface area contributed by atoms with Gasteiger partial charge in [0.1, 0.15) is 0 Å². The summed E-state index contributed by atoms with van der Waals surface area (Å²) in [4.78, 5) is 15.2. The van der Waals surface area contributed by atoms with E-state index in [1.165, 1.54) is 11.3 Å². The zero-order valence-electron chi connectivity index (χ0n) is 16.8. The second-order valence-electron chi connectivity index (χ2n) is 7.76. The maximum Gasteiger partial charge on any atom is 0.272 e. The number of nitrogens with zero attached hydrogens (tertiary/aromatic N) is 3. The van der Waals surface area contributed by atoms with E-state index in [0.29, 0.717) is 12.2 Å². The Hall–Kier alpha value is -2.18. The number of aromatic nitrogens is 2. The molecule has 1 amide bonds. The minimum absolute atomic E-state index is 0.0256. The van der Waals surface area contributed by atoms with Gasteiger partial charge >= 0.3 is 0 Å². The van der Waals surface area contributed by atoms with Crippen molar-refractivity contribution in [1.82, 2.24) is 25.3 Å². The topological polar surface area (TPSA) is 62.2 Å². The molecule has 0 radical (unpaired) electrons. The number of rotatable bonds is 7. The summed E-state index contributed by atoms with van der Waals surface area (Å²) < 4.78 is 1.98. The van der Waals surface area contributed by atoms with E-state index in [2.05, 4.69) is 46.7 Å². The Bertz CT molecular complexity index is 805. The molecule has 0 spiro atoms. The second-order valence-corrected chi connectivity index (χ2v) is 7.76. The van der Waals surface area contributed by atoms with Crippen LogP contribution in [0.1, 0.15) is 47.1 Å². The van der Waals surface area contributed by atoms with Crippen LogP contribution in [0.5, 0.6) is 0 Å². The molecule has 0 bridgehead atoms. The molecule has 2 aliphatic rings. The average Bonchev–Trinajstić information content (AvgIpc) is 3.35. The number of carbonyl (C=O) groups is 1. The third kappa shape index (κ3) is 4.13. The van der Waals surface area contributed by atoms with Gasteiger partial charge in [0.25, 0.3) is 5.91 Å². The lowest BCUT2D eigenvalue weighted by Crippen LogP contribution is -2.44. The highest BCUT2D eigenvalue weighted by molar-refractivity contribution is 5.94. The van der Waals surface area contributed by atoms with E-state index >= 15 is 0 Å². The van der Waals surface area contributed by atoms with Gasteiger partial charge in [-0.3, -0.25) is 4.79 Å². The summed E-state index contributed by atoms with van der Waals surface area (Å²) in [6.45, 7) is 8.23. The molecular weight excluding hydrogens is 350 g/mol. The molecule has 28 heavy (non-hydrogen) atoms. The first kappa shape index (κ1) is 19.2. The van der Waals surface area contributed by atoms with Gasteiger partial charge in [-0.25, -0.2) is 4.68 Å². The summed E-state index contributed by atoms with van der Waals surface area (Å²) in [5.41, 5.74) is 5.33. The summed E-state index contributed by atoms with van der Waals surface area (Å²) in [5, 5.41) is 11.2. The number of benzene rings is 1. The number of nitrogens with one attached hydrogen (secondary N) is 2. The average molecular weight is 382 g/mol. The lowest BCUT2D eigenvalue weighted by molar-refractivity contribution is 0.0945. The second kappa shape index (κ2) is 8.88. The third-order valence-corrected chi connectivity index (χ3v) is 5.88. The van der Waals surface area contributed by atoms with Crippen LogP contribution in [-0.2, 0) is 19.3 Å². The summed E-state index contributed by atoms with van der Waals surface area (Å²) in [6, 6.07) is 8.52. The number of carbonyl (C=O) groups excluding carboxylic acids is 1. The molecule has 150 valence electrons. The highest BCUT2D eigenvalue weighted by atomic mass is 16.1. The van der Waals surface area contributed by atoms with E-state index in [1.54, 1.807) is 0 Å². The van der Waals surface area contributed by atoms with Crippen LogP contribution in [0.25, 0.3) is 5.69 Å². The molecule has 1 aromatic carbocycles. The predicted molar refractivity (Wildman–Crippen MR) is 111 cm³/mol. The van der Waals surface area contributed by atoms with E-state index in [1.807, 2.05) is 4.68 Å². The van der Waals surface area contributed by atoms with Gasteiger partial charge in [0, 0.05) is 44.0 Å². The Labute approximate surface area is 167 Å². The van der Waals surface area contributed by atoms with Crippen molar-refractivity contribution in [1.29, 1.82) is 0 Å². The molecule has 2 heterocycles. The van der Waals surface area contributed by atoms with Crippen LogP contribution in [0.4, 0.5) is 0 Å². The smallest absolute Gasteiger partial charge is 0.272 e. The summed E-state index contributed by atoms with van der Waals surface area (Å²) in [7, 11) is 0. The minimum atomic E-state index is -0.0256. The van der Waals surface area contributed by atoms with Gasteiger partial charge in [0.2, 0.25) is 0 Å². The first-order valence-electron chi connectivity index (χ1n) is 10.7. The lowest BCUT2D eigenvalue weighted by Gasteiger charge is -2.27. The molecule has 6 heteroatoms. The number of amides is 1. The summed E-state index contributed by atoms with van der Waals surface area (Å²) in [5.74, 6) is -0.0256. The third-order valence-electron chi connectivity index (χ3n) is 5.88. The van der Waals surface area contributed by atoms with Crippen LogP contribution in [0, 0.1) is 0 Å². The van der Waals surface area contributed by atoms with Crippen LogP contribution in [-0.4, -0.2) is 59.9 Å². The minimum Gasteiger partial charge on any atom is -0.351 e. The van der Waals surface area contributed by atoms with E-state index in [-0.39, 0.29) is 5.91 Å². The molecule has 0 unspecified atom stereocenters. The zero-order valence-corrected chi connectivity index (χ0v) is 16.8. The molecule has 2 N–H and O–H groups in total. The quantitative estimate of drug-likeness (QED) is 0.720. The molecule has 0 atom stereocenters. The van der Waals surface area contributed by atoms with E-state index in [0.717, 1.165) is 76.1 Å². The first-order chi connectivity index (χ1) is 13.8. The van der Waals surface area contributed by atoms with Crippen LogP contribution < -0.4 is 10.6 Å². The molecule has 1 aliphatic carbocycles. The van der Waals surface area contributed by atoms with Crippen molar-refractivity contribution in [3.8, 4) is 5.69 Å². The normalized spacial score (nSPS) is 16.9. The van der Waals surface area contributed by atoms with Gasteiger partial charge in [0.05, 0.1) is 5.69 Å². The number of fused-ring (bicyclic) bond motifs is 1. The molecule has 0 saturated carbocycles. The van der Waals surface area contributed by atoms with Gasteiger partial charge in [-0.1, -0.05) is 19.1 Å². The van der Waals surface area contributed by atoms with E-state index in [9.17, 15) is 4.79 Å². The molecular formula is C22H31N5O. The van der Waals surface area contributed by atoms with Crippen LogP contribution in [0.15, 0.2) is 24.3 Å². The molecule has 1 saturated heterocycles. The standard InChI is InChI=1S/C22H31N5O/c1-2-17-7-9-18(10-8-17)27-20-6-3-5-19(20)21(25-27)22(28)24-11-4-14-26-15-12-23-13-16-26/h7-10,23H,2-6,11-16H2,1H3,(H,24,28). The maximum absolute atomic E-state index is 12.8. The zero-order chi connectivity index (χ0) is 19.3. The first-order valence-corrected chi connectivity index (χ1v) is 10.7. The predicted octanol–water partition coefficient (Wildman–Crippen LogP) is 1.95. The molecule has 1 aliphatic heterocycles. The fourth-order valence-electron chi connectivity index (χ4n) is 4.23. The SMILES string of the molecule is CCc1ccc(-n2nc(C(=O)NCCCN3CCNCC3)c3c2CCC3)cc1. The molecule has 2 aromatic rings. The molecule has 4 rings (SSSR count). The maximum atomic E-state index is 12.8. The fourth-order valence-corrected chi connectivity index (χ4v) is 4.23. The summed E-state index contributed by atoms with van der Waals surface area (Å²) in [6.07, 6.45) is 5.05. The van der Waals surface area contributed by atoms with Gasteiger partial charge < -0.3 is 15.5 Å². The number of aryl methyl sites for hydroxylation is 1. The number of piperazine rings is 1. The van der Waals surface area contributed by atoms with E-state index < -0.39 is 0 Å². The molecule has 1 aromatic heterocycles. The van der Waals surface area contributed by atoms with Crippen molar-refractivity contribution in [3.05, 3.63) is 46.8 Å². The number of hydrogen-bond donors (Lipinski definition) is 2. The van der Waals surface area contributed by atoms with Gasteiger partial charge in [-0.15, -0.1) is 0 Å². The van der Waals surface area contributed by atoms with Crippen LogP contribution in [0.3, 0.4) is 0 Å². The summed E-state index contributed by atoms with van der Waals surface area (Å²) >= 11 is 0. The Morgan fingerprint density at radius 1 is 1.18 bits per heavy atom.